The highest BCUT2D eigenvalue weighted by Crippen LogP contribution is 2.36. The number of hydrogen-bond donors (Lipinski definition) is 2. The Labute approximate surface area is 111 Å². The van der Waals surface area contributed by atoms with Crippen LogP contribution >= 0.6 is 0 Å². The molecular formula is C14H17N3O2. The highest BCUT2D eigenvalue weighted by atomic mass is 16.2. The summed E-state index contributed by atoms with van der Waals surface area (Å²) in [7, 11) is 0. The lowest BCUT2D eigenvalue weighted by atomic mass is 9.90. The summed E-state index contributed by atoms with van der Waals surface area (Å²) in [5.41, 5.74) is 6.48. The Morgan fingerprint density at radius 2 is 1.95 bits per heavy atom. The lowest BCUT2D eigenvalue weighted by Gasteiger charge is -2.38. The van der Waals surface area contributed by atoms with Crippen LogP contribution in [0.4, 0.5) is 16.2 Å². The van der Waals surface area contributed by atoms with E-state index in [1.807, 2.05) is 0 Å². The molecule has 5 heteroatoms. The normalized spacial score (nSPS) is 21.8. The number of imide groups is 1. The van der Waals surface area contributed by atoms with Gasteiger partial charge in [-0.2, -0.15) is 0 Å². The maximum atomic E-state index is 12.3. The zero-order chi connectivity index (χ0) is 13.5. The fraction of sp³-hybridized carbons (Fsp3) is 0.429. The molecule has 3 rings (SSSR count). The molecular weight excluding hydrogens is 242 g/mol. The number of anilines is 2. The Kier molecular flexibility index (Phi) is 2.69. The topological polar surface area (TPSA) is 75.4 Å². The van der Waals surface area contributed by atoms with Gasteiger partial charge < -0.3 is 11.1 Å². The lowest BCUT2D eigenvalue weighted by molar-refractivity contribution is -0.120. The number of benzene rings is 1. The molecule has 1 aliphatic carbocycles. The molecule has 0 bridgehead atoms. The molecule has 1 heterocycles. The smallest absolute Gasteiger partial charge is 0.329 e. The van der Waals surface area contributed by atoms with Crippen LogP contribution in [-0.2, 0) is 4.79 Å². The first-order chi connectivity index (χ1) is 9.10. The fourth-order valence-corrected chi connectivity index (χ4v) is 3.09. The molecule has 1 aromatic rings. The molecule has 1 saturated carbocycles. The van der Waals surface area contributed by atoms with Gasteiger partial charge in [-0.3, -0.25) is 4.79 Å². The third-order valence-corrected chi connectivity index (χ3v) is 4.00. The number of amides is 3. The average Bonchev–Trinajstić information content (AvgIpc) is 2.76. The molecule has 5 nitrogen and oxygen atoms in total. The molecule has 1 spiro atoms. The van der Waals surface area contributed by atoms with Crippen LogP contribution in [0.15, 0.2) is 24.3 Å². The van der Waals surface area contributed by atoms with E-state index in [9.17, 15) is 9.59 Å². The largest absolute Gasteiger partial charge is 0.399 e. The average molecular weight is 259 g/mol. The van der Waals surface area contributed by atoms with Crippen LogP contribution in [0.1, 0.15) is 32.1 Å². The summed E-state index contributed by atoms with van der Waals surface area (Å²) in [4.78, 5) is 25.7. The van der Waals surface area contributed by atoms with E-state index in [0.29, 0.717) is 17.8 Å². The minimum atomic E-state index is -0.330. The van der Waals surface area contributed by atoms with E-state index in [0.717, 1.165) is 25.7 Å². The highest BCUT2D eigenvalue weighted by molar-refractivity contribution is 6.16. The predicted octanol–water partition coefficient (Wildman–Crippen LogP) is 2.03. The number of urea groups is 1. The molecule has 2 aliphatic rings. The first-order valence-corrected chi connectivity index (χ1v) is 6.60. The van der Waals surface area contributed by atoms with Crippen LogP contribution in [0.5, 0.6) is 0 Å². The minimum absolute atomic E-state index is 0.142. The molecule has 2 fully saturated rings. The predicted molar refractivity (Wildman–Crippen MR) is 72.7 cm³/mol. The van der Waals surface area contributed by atoms with Crippen LogP contribution in [0.25, 0.3) is 0 Å². The molecule has 1 saturated heterocycles. The second kappa shape index (κ2) is 4.26. The number of rotatable bonds is 1. The quantitative estimate of drug-likeness (QED) is 0.758. The number of nitrogens with zero attached hydrogens (tertiary/aromatic N) is 1. The van der Waals surface area contributed by atoms with Crippen molar-refractivity contribution in [2.45, 2.75) is 37.6 Å². The van der Waals surface area contributed by atoms with Gasteiger partial charge in [-0.1, -0.05) is 18.9 Å². The molecule has 0 aromatic heterocycles. The van der Waals surface area contributed by atoms with Gasteiger partial charge in [0, 0.05) is 5.69 Å². The Bertz CT molecular complexity index is 515. The van der Waals surface area contributed by atoms with Gasteiger partial charge >= 0.3 is 6.03 Å². The van der Waals surface area contributed by atoms with Crippen molar-refractivity contribution >= 4 is 23.3 Å². The molecule has 19 heavy (non-hydrogen) atoms. The van der Waals surface area contributed by atoms with Gasteiger partial charge in [-0.15, -0.1) is 0 Å². The molecule has 100 valence electrons. The van der Waals surface area contributed by atoms with E-state index < -0.39 is 0 Å². The summed E-state index contributed by atoms with van der Waals surface area (Å²) in [5, 5.41) is 3.02. The first kappa shape index (κ1) is 12.0. The van der Waals surface area contributed by atoms with Gasteiger partial charge in [-0.05, 0) is 31.0 Å². The standard InChI is InChI=1S/C14H17N3O2/c15-10-4-3-5-11(8-10)17-12(18)9-14(16-13(17)19)6-1-2-7-14/h3-5,8H,1-2,6-7,9,15H2,(H,16,19). The number of hydrogen-bond acceptors (Lipinski definition) is 3. The van der Waals surface area contributed by atoms with Crippen LogP contribution < -0.4 is 16.0 Å². The zero-order valence-electron chi connectivity index (χ0n) is 10.7. The molecule has 1 aromatic carbocycles. The lowest BCUT2D eigenvalue weighted by Crippen LogP contribution is -2.61. The van der Waals surface area contributed by atoms with E-state index in [-0.39, 0.29) is 17.5 Å². The number of nitrogens with one attached hydrogen (secondary N) is 1. The van der Waals surface area contributed by atoms with Gasteiger partial charge in [0.15, 0.2) is 0 Å². The van der Waals surface area contributed by atoms with Gasteiger partial charge in [0.1, 0.15) is 0 Å². The van der Waals surface area contributed by atoms with E-state index >= 15 is 0 Å². The zero-order valence-corrected chi connectivity index (χ0v) is 10.7. The maximum absolute atomic E-state index is 12.3. The van der Waals surface area contributed by atoms with Crippen molar-refractivity contribution in [3.63, 3.8) is 0 Å². The van der Waals surface area contributed by atoms with Crippen molar-refractivity contribution in [1.82, 2.24) is 5.32 Å². The summed E-state index contributed by atoms with van der Waals surface area (Å²) < 4.78 is 0. The maximum Gasteiger partial charge on any atom is 0.329 e. The molecule has 0 radical (unpaired) electrons. The van der Waals surface area contributed by atoms with E-state index in [1.54, 1.807) is 24.3 Å². The Hall–Kier alpha value is -2.04. The van der Waals surface area contributed by atoms with E-state index in [1.165, 1.54) is 4.90 Å². The molecule has 0 unspecified atom stereocenters. The van der Waals surface area contributed by atoms with Gasteiger partial charge in [-0.25, -0.2) is 9.69 Å². The Morgan fingerprint density at radius 3 is 2.58 bits per heavy atom. The van der Waals surface area contributed by atoms with Crippen molar-refractivity contribution in [1.29, 1.82) is 0 Å². The van der Waals surface area contributed by atoms with Crippen LogP contribution in [-0.4, -0.2) is 17.5 Å². The summed E-state index contributed by atoms with van der Waals surface area (Å²) >= 11 is 0. The third kappa shape index (κ3) is 2.05. The first-order valence-electron chi connectivity index (χ1n) is 6.60. The van der Waals surface area contributed by atoms with Crippen molar-refractivity contribution in [3.8, 4) is 0 Å². The second-order valence-corrected chi connectivity index (χ2v) is 5.42. The number of carbonyl (C=O) groups is 2. The fourth-order valence-electron chi connectivity index (χ4n) is 3.09. The molecule has 3 amide bonds. The van der Waals surface area contributed by atoms with Crippen LogP contribution in [0, 0.1) is 0 Å². The highest BCUT2D eigenvalue weighted by Gasteiger charge is 2.45. The van der Waals surface area contributed by atoms with Crippen molar-refractivity contribution in [2.75, 3.05) is 10.6 Å². The van der Waals surface area contributed by atoms with Gasteiger partial charge in [0.25, 0.3) is 0 Å². The van der Waals surface area contributed by atoms with Crippen LogP contribution in [0.3, 0.4) is 0 Å². The minimum Gasteiger partial charge on any atom is -0.399 e. The number of carbonyl (C=O) groups excluding carboxylic acids is 2. The number of nitrogens with two attached hydrogens (primary N) is 1. The summed E-state index contributed by atoms with van der Waals surface area (Å²) in [6, 6.07) is 6.51. The van der Waals surface area contributed by atoms with Crippen molar-refractivity contribution < 1.29 is 9.59 Å². The van der Waals surface area contributed by atoms with Crippen molar-refractivity contribution in [3.05, 3.63) is 24.3 Å². The van der Waals surface area contributed by atoms with Gasteiger partial charge in [0.2, 0.25) is 5.91 Å². The number of nitrogen functional groups attached to an aromatic ring is 1. The summed E-state index contributed by atoms with van der Waals surface area (Å²) in [6.07, 6.45) is 4.33. The van der Waals surface area contributed by atoms with Gasteiger partial charge in [0.05, 0.1) is 17.6 Å². The second-order valence-electron chi connectivity index (χ2n) is 5.42. The van der Waals surface area contributed by atoms with Crippen LogP contribution in [0.2, 0.25) is 0 Å². The summed E-state index contributed by atoms with van der Waals surface area (Å²) in [5.74, 6) is -0.142. The summed E-state index contributed by atoms with van der Waals surface area (Å²) in [6.45, 7) is 0. The monoisotopic (exact) mass is 259 g/mol. The Morgan fingerprint density at radius 1 is 1.21 bits per heavy atom. The molecule has 0 atom stereocenters. The third-order valence-electron chi connectivity index (χ3n) is 4.00. The molecule has 1 aliphatic heterocycles. The van der Waals surface area contributed by atoms with E-state index in [4.69, 9.17) is 5.73 Å². The van der Waals surface area contributed by atoms with E-state index in [2.05, 4.69) is 5.32 Å². The Balaban J connectivity index is 1.88. The van der Waals surface area contributed by atoms with Crippen molar-refractivity contribution in [2.24, 2.45) is 0 Å². The SMILES string of the molecule is Nc1cccc(N2C(=O)CC3(CCCC3)NC2=O)c1. The molecule has 3 N–H and O–H groups in total.